The molecule has 0 radical (unpaired) electrons. The van der Waals surface area contributed by atoms with Crippen LogP contribution in [0.25, 0.3) is 0 Å². The van der Waals surface area contributed by atoms with Crippen LogP contribution in [-0.2, 0) is 20.9 Å². The molecule has 0 saturated carbocycles. The van der Waals surface area contributed by atoms with E-state index in [1.54, 1.807) is 30.3 Å². The van der Waals surface area contributed by atoms with E-state index in [1.165, 1.54) is 36.2 Å². The van der Waals surface area contributed by atoms with Gasteiger partial charge in [-0.1, -0.05) is 12.1 Å². The number of ether oxygens (including phenoxy) is 2. The van der Waals surface area contributed by atoms with Gasteiger partial charge in [0.15, 0.2) is 0 Å². The molecule has 0 spiro atoms. The largest absolute Gasteiger partial charge is 0.497 e. The standard InChI is InChI=1S/C21H22FN3O5/c1-29-16-7-8-18(30-2)17(11-16)23-19(26)13-25-10-9-24(20(27)21(25)28)12-14-3-5-15(22)6-4-14/h3-8,11H,9-10,12-13H2,1-2H3,(H,23,26). The zero-order valence-electron chi connectivity index (χ0n) is 16.7. The molecule has 1 heterocycles. The lowest BCUT2D eigenvalue weighted by Gasteiger charge is -2.33. The topological polar surface area (TPSA) is 88.2 Å². The third-order valence-electron chi connectivity index (χ3n) is 4.70. The number of rotatable bonds is 7. The van der Waals surface area contributed by atoms with E-state index in [0.29, 0.717) is 22.7 Å². The maximum absolute atomic E-state index is 13.0. The molecule has 3 rings (SSSR count). The van der Waals surface area contributed by atoms with Crippen molar-refractivity contribution in [2.45, 2.75) is 6.54 Å². The molecule has 9 heteroatoms. The summed E-state index contributed by atoms with van der Waals surface area (Å²) in [7, 11) is 2.98. The maximum Gasteiger partial charge on any atom is 0.312 e. The van der Waals surface area contributed by atoms with Gasteiger partial charge < -0.3 is 24.6 Å². The van der Waals surface area contributed by atoms with Gasteiger partial charge in [-0.3, -0.25) is 14.4 Å². The number of methoxy groups -OCH3 is 2. The predicted molar refractivity (Wildman–Crippen MR) is 107 cm³/mol. The molecule has 3 amide bonds. The average Bonchev–Trinajstić information content (AvgIpc) is 2.75. The highest BCUT2D eigenvalue weighted by Gasteiger charge is 2.33. The van der Waals surface area contributed by atoms with Crippen molar-refractivity contribution >= 4 is 23.4 Å². The molecule has 30 heavy (non-hydrogen) atoms. The van der Waals surface area contributed by atoms with Gasteiger partial charge in [-0.15, -0.1) is 0 Å². The summed E-state index contributed by atoms with van der Waals surface area (Å²) in [6.07, 6.45) is 0. The monoisotopic (exact) mass is 415 g/mol. The minimum Gasteiger partial charge on any atom is -0.497 e. The SMILES string of the molecule is COc1ccc(OC)c(NC(=O)CN2CCN(Cc3ccc(F)cc3)C(=O)C2=O)c1. The molecule has 0 aliphatic carbocycles. The van der Waals surface area contributed by atoms with Crippen molar-refractivity contribution in [1.29, 1.82) is 0 Å². The summed E-state index contributed by atoms with van der Waals surface area (Å²) in [5.74, 6) is -1.31. The molecule has 2 aromatic rings. The zero-order chi connectivity index (χ0) is 21.7. The molecule has 8 nitrogen and oxygen atoms in total. The van der Waals surface area contributed by atoms with Crippen LogP contribution in [-0.4, -0.2) is 61.4 Å². The Morgan fingerprint density at radius 2 is 1.67 bits per heavy atom. The van der Waals surface area contributed by atoms with Crippen LogP contribution >= 0.6 is 0 Å². The van der Waals surface area contributed by atoms with E-state index >= 15 is 0 Å². The minimum atomic E-state index is -0.754. The fourth-order valence-corrected chi connectivity index (χ4v) is 3.10. The molecule has 0 aromatic heterocycles. The second-order valence-electron chi connectivity index (χ2n) is 6.69. The molecule has 1 fully saturated rings. The Morgan fingerprint density at radius 3 is 2.33 bits per heavy atom. The number of piperazine rings is 1. The summed E-state index contributed by atoms with van der Waals surface area (Å²) in [6, 6.07) is 10.7. The van der Waals surface area contributed by atoms with E-state index in [0.717, 1.165) is 0 Å². The van der Waals surface area contributed by atoms with E-state index < -0.39 is 17.7 Å². The first-order chi connectivity index (χ1) is 14.4. The van der Waals surface area contributed by atoms with Crippen LogP contribution in [0.4, 0.5) is 10.1 Å². The van der Waals surface area contributed by atoms with Gasteiger partial charge in [-0.05, 0) is 29.8 Å². The summed E-state index contributed by atoms with van der Waals surface area (Å²) in [5.41, 5.74) is 1.12. The Labute approximate surface area is 173 Å². The maximum atomic E-state index is 13.0. The average molecular weight is 415 g/mol. The highest BCUT2D eigenvalue weighted by molar-refractivity contribution is 6.35. The number of carbonyl (C=O) groups is 3. The van der Waals surface area contributed by atoms with Crippen molar-refractivity contribution in [2.75, 3.05) is 39.2 Å². The Bertz CT molecular complexity index is 948. The molecular weight excluding hydrogens is 393 g/mol. The Balaban J connectivity index is 1.60. The summed E-state index contributed by atoms with van der Waals surface area (Å²) >= 11 is 0. The number of anilines is 1. The van der Waals surface area contributed by atoms with E-state index in [1.807, 2.05) is 0 Å². The van der Waals surface area contributed by atoms with Crippen LogP contribution in [0.5, 0.6) is 11.5 Å². The number of amides is 3. The van der Waals surface area contributed by atoms with E-state index in [2.05, 4.69) is 5.32 Å². The molecule has 0 bridgehead atoms. The van der Waals surface area contributed by atoms with Crippen molar-refractivity contribution in [3.05, 3.63) is 53.8 Å². The number of halogens is 1. The fourth-order valence-electron chi connectivity index (χ4n) is 3.10. The molecule has 1 aliphatic heterocycles. The number of nitrogens with one attached hydrogen (secondary N) is 1. The Kier molecular flexibility index (Phi) is 6.51. The Hall–Kier alpha value is -3.62. The van der Waals surface area contributed by atoms with Gasteiger partial charge in [0.1, 0.15) is 23.9 Å². The first-order valence-corrected chi connectivity index (χ1v) is 9.25. The van der Waals surface area contributed by atoms with E-state index in [9.17, 15) is 18.8 Å². The lowest BCUT2D eigenvalue weighted by atomic mass is 10.2. The van der Waals surface area contributed by atoms with Crippen molar-refractivity contribution in [2.24, 2.45) is 0 Å². The lowest BCUT2D eigenvalue weighted by Crippen LogP contribution is -2.55. The highest BCUT2D eigenvalue weighted by Crippen LogP contribution is 2.28. The van der Waals surface area contributed by atoms with Crippen LogP contribution in [0.15, 0.2) is 42.5 Å². The minimum absolute atomic E-state index is 0.200. The number of hydrogen-bond acceptors (Lipinski definition) is 5. The second-order valence-corrected chi connectivity index (χ2v) is 6.69. The second kappa shape index (κ2) is 9.25. The third kappa shape index (κ3) is 4.86. The molecule has 1 saturated heterocycles. The van der Waals surface area contributed by atoms with E-state index in [4.69, 9.17) is 9.47 Å². The molecule has 2 aromatic carbocycles. The normalized spacial score (nSPS) is 14.0. The van der Waals surface area contributed by atoms with Gasteiger partial charge in [-0.25, -0.2) is 4.39 Å². The van der Waals surface area contributed by atoms with Crippen LogP contribution in [0, 0.1) is 5.82 Å². The predicted octanol–water partition coefficient (Wildman–Crippen LogP) is 1.65. The van der Waals surface area contributed by atoms with Gasteiger partial charge >= 0.3 is 11.8 Å². The lowest BCUT2D eigenvalue weighted by molar-refractivity contribution is -0.157. The van der Waals surface area contributed by atoms with Gasteiger partial charge in [0.05, 0.1) is 19.9 Å². The van der Waals surface area contributed by atoms with Crippen molar-refractivity contribution in [3.8, 4) is 11.5 Å². The molecular formula is C21H22FN3O5. The van der Waals surface area contributed by atoms with Crippen molar-refractivity contribution < 1.29 is 28.2 Å². The number of carbonyl (C=O) groups excluding carboxylic acids is 3. The summed E-state index contributed by atoms with van der Waals surface area (Å²) in [4.78, 5) is 39.9. The molecule has 1 aliphatic rings. The van der Waals surface area contributed by atoms with Crippen LogP contribution < -0.4 is 14.8 Å². The summed E-state index contributed by atoms with van der Waals surface area (Å²) in [5, 5.41) is 2.68. The molecule has 0 unspecified atom stereocenters. The van der Waals surface area contributed by atoms with Gasteiger partial charge in [0.25, 0.3) is 0 Å². The first-order valence-electron chi connectivity index (χ1n) is 9.25. The van der Waals surface area contributed by atoms with E-state index in [-0.39, 0.29) is 32.0 Å². The first kappa shape index (κ1) is 21.1. The number of benzene rings is 2. The number of hydrogen-bond donors (Lipinski definition) is 1. The smallest absolute Gasteiger partial charge is 0.312 e. The number of nitrogens with zero attached hydrogens (tertiary/aromatic N) is 2. The van der Waals surface area contributed by atoms with Crippen LogP contribution in [0.2, 0.25) is 0 Å². The van der Waals surface area contributed by atoms with Gasteiger partial charge in [0.2, 0.25) is 5.91 Å². The van der Waals surface area contributed by atoms with Crippen LogP contribution in [0.3, 0.4) is 0 Å². The van der Waals surface area contributed by atoms with Gasteiger partial charge in [-0.2, -0.15) is 0 Å². The third-order valence-corrected chi connectivity index (χ3v) is 4.70. The summed E-state index contributed by atoms with van der Waals surface area (Å²) < 4.78 is 23.4. The van der Waals surface area contributed by atoms with Crippen LogP contribution in [0.1, 0.15) is 5.56 Å². The van der Waals surface area contributed by atoms with Gasteiger partial charge in [0, 0.05) is 25.7 Å². The van der Waals surface area contributed by atoms with Crippen molar-refractivity contribution in [3.63, 3.8) is 0 Å². The zero-order valence-corrected chi connectivity index (χ0v) is 16.7. The quantitative estimate of drug-likeness (QED) is 0.695. The Morgan fingerprint density at radius 1 is 1.00 bits per heavy atom. The molecule has 0 atom stereocenters. The molecule has 1 N–H and O–H groups in total. The fraction of sp³-hybridized carbons (Fsp3) is 0.286. The summed E-state index contributed by atoms with van der Waals surface area (Å²) in [6.45, 7) is 0.424. The molecule has 158 valence electrons. The highest BCUT2D eigenvalue weighted by atomic mass is 19.1. The van der Waals surface area contributed by atoms with Crippen molar-refractivity contribution in [1.82, 2.24) is 9.80 Å².